The standard InChI is InChI=1S/C20H20FN3O2/c1-12(2)11-26-20(25)18-19(23-15-9-8-14(21)10-13(15)3)24-17-7-5-4-6-16(17)22-18/h4-10,12H,11H2,1-3H3,(H,23,24). The summed E-state index contributed by atoms with van der Waals surface area (Å²) >= 11 is 0. The van der Waals surface area contributed by atoms with Crippen molar-refractivity contribution in [3.63, 3.8) is 0 Å². The molecule has 6 heteroatoms. The van der Waals surface area contributed by atoms with Gasteiger partial charge in [0, 0.05) is 5.69 Å². The third-order valence-corrected chi connectivity index (χ3v) is 3.75. The Morgan fingerprint density at radius 3 is 2.50 bits per heavy atom. The molecule has 0 saturated heterocycles. The molecular weight excluding hydrogens is 333 g/mol. The van der Waals surface area contributed by atoms with Crippen molar-refractivity contribution in [1.82, 2.24) is 9.97 Å². The molecule has 3 rings (SSSR count). The van der Waals surface area contributed by atoms with E-state index >= 15 is 0 Å². The number of anilines is 2. The number of para-hydroxylation sites is 2. The molecule has 1 heterocycles. The summed E-state index contributed by atoms with van der Waals surface area (Å²) in [5.41, 5.74) is 2.70. The number of ether oxygens (including phenoxy) is 1. The number of rotatable bonds is 5. The monoisotopic (exact) mass is 353 g/mol. The Morgan fingerprint density at radius 2 is 1.85 bits per heavy atom. The van der Waals surface area contributed by atoms with Gasteiger partial charge in [-0.25, -0.2) is 19.2 Å². The van der Waals surface area contributed by atoms with Crippen LogP contribution >= 0.6 is 0 Å². The number of hydrogen-bond acceptors (Lipinski definition) is 5. The van der Waals surface area contributed by atoms with Crippen LogP contribution in [0.4, 0.5) is 15.9 Å². The Bertz CT molecular complexity index is 957. The lowest BCUT2D eigenvalue weighted by molar-refractivity contribution is 0.0453. The van der Waals surface area contributed by atoms with Crippen LogP contribution in [0, 0.1) is 18.7 Å². The molecule has 134 valence electrons. The van der Waals surface area contributed by atoms with Crippen LogP contribution in [0.5, 0.6) is 0 Å². The molecule has 0 saturated carbocycles. The molecule has 0 unspecified atom stereocenters. The second kappa shape index (κ2) is 7.47. The van der Waals surface area contributed by atoms with Crippen molar-refractivity contribution in [3.8, 4) is 0 Å². The molecule has 0 radical (unpaired) electrons. The van der Waals surface area contributed by atoms with Gasteiger partial charge in [-0.2, -0.15) is 0 Å². The maximum absolute atomic E-state index is 13.3. The van der Waals surface area contributed by atoms with Gasteiger partial charge < -0.3 is 10.1 Å². The molecule has 0 atom stereocenters. The molecule has 0 aliphatic heterocycles. The molecule has 1 aromatic heterocycles. The van der Waals surface area contributed by atoms with E-state index in [9.17, 15) is 9.18 Å². The highest BCUT2D eigenvalue weighted by molar-refractivity contribution is 5.96. The number of nitrogens with zero attached hydrogens (tertiary/aromatic N) is 2. The summed E-state index contributed by atoms with van der Waals surface area (Å²) in [5.74, 6) is -0.372. The van der Waals surface area contributed by atoms with Gasteiger partial charge in [-0.15, -0.1) is 0 Å². The Hall–Kier alpha value is -3.02. The van der Waals surface area contributed by atoms with Crippen LogP contribution in [-0.2, 0) is 4.74 Å². The molecule has 1 N–H and O–H groups in total. The fourth-order valence-corrected chi connectivity index (χ4v) is 2.44. The van der Waals surface area contributed by atoms with E-state index in [1.807, 2.05) is 32.0 Å². The number of nitrogens with one attached hydrogen (secondary N) is 1. The Balaban J connectivity index is 2.03. The van der Waals surface area contributed by atoms with Gasteiger partial charge in [0.2, 0.25) is 0 Å². The summed E-state index contributed by atoms with van der Waals surface area (Å²) < 4.78 is 18.7. The van der Waals surface area contributed by atoms with E-state index in [1.54, 1.807) is 19.1 Å². The first-order chi connectivity index (χ1) is 12.4. The highest BCUT2D eigenvalue weighted by Gasteiger charge is 2.19. The second-order valence-electron chi connectivity index (χ2n) is 6.49. The molecule has 0 aliphatic carbocycles. The molecule has 0 fully saturated rings. The van der Waals surface area contributed by atoms with Crippen LogP contribution in [0.2, 0.25) is 0 Å². The van der Waals surface area contributed by atoms with Crippen LogP contribution in [0.25, 0.3) is 11.0 Å². The van der Waals surface area contributed by atoms with Crippen LogP contribution in [0.1, 0.15) is 29.9 Å². The number of hydrogen-bond donors (Lipinski definition) is 1. The van der Waals surface area contributed by atoms with Crippen molar-refractivity contribution in [2.45, 2.75) is 20.8 Å². The average molecular weight is 353 g/mol. The minimum absolute atomic E-state index is 0.105. The quantitative estimate of drug-likeness (QED) is 0.677. The summed E-state index contributed by atoms with van der Waals surface area (Å²) in [6.07, 6.45) is 0. The molecule has 5 nitrogen and oxygen atoms in total. The van der Waals surface area contributed by atoms with Gasteiger partial charge in [0.15, 0.2) is 11.5 Å². The summed E-state index contributed by atoms with van der Waals surface area (Å²) in [5, 5.41) is 3.09. The maximum Gasteiger partial charge on any atom is 0.360 e. The van der Waals surface area contributed by atoms with Crippen molar-refractivity contribution in [1.29, 1.82) is 0 Å². The van der Waals surface area contributed by atoms with Gasteiger partial charge in [0.05, 0.1) is 17.6 Å². The van der Waals surface area contributed by atoms with Gasteiger partial charge in [0.25, 0.3) is 0 Å². The van der Waals surface area contributed by atoms with Crippen LogP contribution in [0.3, 0.4) is 0 Å². The van der Waals surface area contributed by atoms with E-state index in [2.05, 4.69) is 15.3 Å². The SMILES string of the molecule is Cc1cc(F)ccc1Nc1nc2ccccc2nc1C(=O)OCC(C)C. The summed E-state index contributed by atoms with van der Waals surface area (Å²) in [6, 6.07) is 11.6. The van der Waals surface area contributed by atoms with Crippen molar-refractivity contribution < 1.29 is 13.9 Å². The van der Waals surface area contributed by atoms with Crippen molar-refractivity contribution in [2.24, 2.45) is 5.92 Å². The van der Waals surface area contributed by atoms with Crippen LogP contribution < -0.4 is 5.32 Å². The number of aromatic nitrogens is 2. The lowest BCUT2D eigenvalue weighted by atomic mass is 10.2. The number of benzene rings is 2. The van der Waals surface area contributed by atoms with E-state index in [0.29, 0.717) is 28.9 Å². The first-order valence-electron chi connectivity index (χ1n) is 8.41. The van der Waals surface area contributed by atoms with Crippen molar-refractivity contribution in [3.05, 3.63) is 59.5 Å². The minimum Gasteiger partial charge on any atom is -0.461 e. The maximum atomic E-state index is 13.3. The number of aryl methyl sites for hydroxylation is 1. The normalized spacial score (nSPS) is 11.0. The third kappa shape index (κ3) is 3.96. The van der Waals surface area contributed by atoms with E-state index in [-0.39, 0.29) is 23.2 Å². The molecule has 0 spiro atoms. The predicted molar refractivity (Wildman–Crippen MR) is 99.1 cm³/mol. The van der Waals surface area contributed by atoms with Crippen molar-refractivity contribution in [2.75, 3.05) is 11.9 Å². The third-order valence-electron chi connectivity index (χ3n) is 3.75. The molecule has 26 heavy (non-hydrogen) atoms. The van der Waals surface area contributed by atoms with Gasteiger partial charge >= 0.3 is 5.97 Å². The largest absolute Gasteiger partial charge is 0.461 e. The predicted octanol–water partition coefficient (Wildman–Crippen LogP) is 4.63. The Morgan fingerprint density at radius 1 is 1.15 bits per heavy atom. The minimum atomic E-state index is -0.542. The fraction of sp³-hybridized carbons (Fsp3) is 0.250. The van der Waals surface area contributed by atoms with Gasteiger partial charge in [-0.3, -0.25) is 0 Å². The van der Waals surface area contributed by atoms with E-state index in [0.717, 1.165) is 0 Å². The summed E-state index contributed by atoms with van der Waals surface area (Å²) in [4.78, 5) is 21.5. The Kier molecular flexibility index (Phi) is 5.11. The van der Waals surface area contributed by atoms with Crippen LogP contribution in [0.15, 0.2) is 42.5 Å². The molecular formula is C20H20FN3O2. The molecule has 2 aromatic carbocycles. The first-order valence-corrected chi connectivity index (χ1v) is 8.41. The van der Waals surface area contributed by atoms with E-state index in [1.165, 1.54) is 12.1 Å². The highest BCUT2D eigenvalue weighted by atomic mass is 19.1. The molecule has 0 aliphatic rings. The number of carbonyl (C=O) groups excluding carboxylic acids is 1. The molecule has 0 bridgehead atoms. The number of carbonyl (C=O) groups is 1. The van der Waals surface area contributed by atoms with Gasteiger partial charge in [0.1, 0.15) is 5.82 Å². The molecule has 0 amide bonds. The zero-order valence-corrected chi connectivity index (χ0v) is 14.9. The zero-order valence-electron chi connectivity index (χ0n) is 14.9. The zero-order chi connectivity index (χ0) is 18.7. The number of esters is 1. The highest BCUT2D eigenvalue weighted by Crippen LogP contribution is 2.24. The van der Waals surface area contributed by atoms with E-state index in [4.69, 9.17) is 4.74 Å². The lowest BCUT2D eigenvalue weighted by Crippen LogP contribution is -2.15. The second-order valence-corrected chi connectivity index (χ2v) is 6.49. The van der Waals surface area contributed by atoms with Gasteiger partial charge in [-0.1, -0.05) is 26.0 Å². The summed E-state index contributed by atoms with van der Waals surface area (Å²) in [6.45, 7) is 5.99. The lowest BCUT2D eigenvalue weighted by Gasteiger charge is -2.14. The van der Waals surface area contributed by atoms with E-state index < -0.39 is 5.97 Å². The smallest absolute Gasteiger partial charge is 0.360 e. The topological polar surface area (TPSA) is 64.1 Å². The van der Waals surface area contributed by atoms with Crippen LogP contribution in [-0.4, -0.2) is 22.5 Å². The van der Waals surface area contributed by atoms with Gasteiger partial charge in [-0.05, 0) is 48.7 Å². The molecule has 3 aromatic rings. The van der Waals surface area contributed by atoms with Crippen molar-refractivity contribution >= 4 is 28.5 Å². The first kappa shape index (κ1) is 17.8. The summed E-state index contributed by atoms with van der Waals surface area (Å²) in [7, 11) is 0. The Labute approximate surface area is 151 Å². The number of halogens is 1. The number of fused-ring (bicyclic) bond motifs is 1. The fourth-order valence-electron chi connectivity index (χ4n) is 2.44. The average Bonchev–Trinajstić information content (AvgIpc) is 2.61.